The summed E-state index contributed by atoms with van der Waals surface area (Å²) in [5.41, 5.74) is 2.94. The molecule has 29 heavy (non-hydrogen) atoms. The van der Waals surface area contributed by atoms with Crippen LogP contribution in [0.1, 0.15) is 28.9 Å². The van der Waals surface area contributed by atoms with Crippen LogP contribution < -0.4 is 10.1 Å². The molecule has 2 aromatic carbocycles. The Kier molecular flexibility index (Phi) is 6.22. The molecule has 0 radical (unpaired) electrons. The predicted molar refractivity (Wildman–Crippen MR) is 116 cm³/mol. The summed E-state index contributed by atoms with van der Waals surface area (Å²) in [6.45, 7) is 2.79. The first-order chi connectivity index (χ1) is 14.2. The highest BCUT2D eigenvalue weighted by atomic mass is 32.1. The second-order valence-electron chi connectivity index (χ2n) is 7.26. The van der Waals surface area contributed by atoms with Crippen molar-refractivity contribution in [3.05, 3.63) is 71.2 Å². The van der Waals surface area contributed by atoms with Crippen molar-refractivity contribution >= 4 is 17.2 Å². The Balaban J connectivity index is 1.27. The zero-order valence-electron chi connectivity index (χ0n) is 16.5. The standard InChI is InChI=1S/C23H25N3O2S/c1-28-21-9-7-18(8-10-21)23-25-20(16-29-23)15-26-13-11-19(12-14-26)24-22(27)17-5-3-2-4-6-17/h2-10,16,19H,11-15H2,1H3,(H,24,27). The van der Waals surface area contributed by atoms with Crippen molar-refractivity contribution in [1.29, 1.82) is 0 Å². The topological polar surface area (TPSA) is 54.5 Å². The molecule has 0 spiro atoms. The molecule has 0 bridgehead atoms. The lowest BCUT2D eigenvalue weighted by Gasteiger charge is -2.31. The lowest BCUT2D eigenvalue weighted by atomic mass is 10.0. The largest absolute Gasteiger partial charge is 0.497 e. The lowest BCUT2D eigenvalue weighted by molar-refractivity contribution is 0.0908. The van der Waals surface area contributed by atoms with Gasteiger partial charge in [-0.15, -0.1) is 11.3 Å². The van der Waals surface area contributed by atoms with E-state index >= 15 is 0 Å². The number of nitrogens with zero attached hydrogens (tertiary/aromatic N) is 2. The molecular formula is C23H25N3O2S. The van der Waals surface area contributed by atoms with Crippen LogP contribution in [-0.4, -0.2) is 42.0 Å². The highest BCUT2D eigenvalue weighted by molar-refractivity contribution is 7.13. The Morgan fingerprint density at radius 3 is 2.55 bits per heavy atom. The molecular weight excluding hydrogens is 382 g/mol. The Labute approximate surface area is 175 Å². The zero-order valence-corrected chi connectivity index (χ0v) is 17.3. The molecule has 0 atom stereocenters. The quantitative estimate of drug-likeness (QED) is 0.665. The number of piperidine rings is 1. The van der Waals surface area contributed by atoms with E-state index in [0.717, 1.165) is 60.1 Å². The van der Waals surface area contributed by atoms with Crippen molar-refractivity contribution in [3.8, 4) is 16.3 Å². The summed E-state index contributed by atoms with van der Waals surface area (Å²) in [5, 5.41) is 6.34. The van der Waals surface area contributed by atoms with Crippen LogP contribution in [0.15, 0.2) is 60.0 Å². The molecule has 150 valence electrons. The molecule has 2 heterocycles. The normalized spacial score (nSPS) is 15.2. The van der Waals surface area contributed by atoms with E-state index in [4.69, 9.17) is 9.72 Å². The number of likely N-dealkylation sites (tertiary alicyclic amines) is 1. The highest BCUT2D eigenvalue weighted by Gasteiger charge is 2.21. The minimum atomic E-state index is 0.0210. The third-order valence-electron chi connectivity index (χ3n) is 5.23. The molecule has 1 saturated heterocycles. The maximum Gasteiger partial charge on any atom is 0.251 e. The van der Waals surface area contributed by atoms with Crippen molar-refractivity contribution in [3.63, 3.8) is 0 Å². The Hall–Kier alpha value is -2.70. The Morgan fingerprint density at radius 2 is 1.86 bits per heavy atom. The van der Waals surface area contributed by atoms with Crippen molar-refractivity contribution < 1.29 is 9.53 Å². The van der Waals surface area contributed by atoms with E-state index in [1.54, 1.807) is 18.4 Å². The van der Waals surface area contributed by atoms with E-state index < -0.39 is 0 Å². The Morgan fingerprint density at radius 1 is 1.14 bits per heavy atom. The predicted octanol–water partition coefficient (Wildman–Crippen LogP) is 4.21. The number of rotatable bonds is 6. The summed E-state index contributed by atoms with van der Waals surface area (Å²) >= 11 is 1.68. The summed E-state index contributed by atoms with van der Waals surface area (Å²) in [6.07, 6.45) is 1.93. The number of carbonyl (C=O) groups excluding carboxylic acids is 1. The maximum atomic E-state index is 12.3. The molecule has 5 nitrogen and oxygen atoms in total. The minimum absolute atomic E-state index is 0.0210. The van der Waals surface area contributed by atoms with Gasteiger partial charge in [0.15, 0.2) is 0 Å². The van der Waals surface area contributed by atoms with Gasteiger partial charge >= 0.3 is 0 Å². The fourth-order valence-electron chi connectivity index (χ4n) is 3.57. The maximum absolute atomic E-state index is 12.3. The molecule has 1 aromatic heterocycles. The van der Waals surface area contributed by atoms with Gasteiger partial charge in [0.1, 0.15) is 10.8 Å². The molecule has 1 aliphatic heterocycles. The van der Waals surface area contributed by atoms with Crippen molar-refractivity contribution in [2.45, 2.75) is 25.4 Å². The fourth-order valence-corrected chi connectivity index (χ4v) is 4.39. The monoisotopic (exact) mass is 407 g/mol. The van der Waals surface area contributed by atoms with Crippen LogP contribution in [-0.2, 0) is 6.54 Å². The van der Waals surface area contributed by atoms with Crippen LogP contribution in [0.4, 0.5) is 0 Å². The fraction of sp³-hybridized carbons (Fsp3) is 0.304. The summed E-state index contributed by atoms with van der Waals surface area (Å²) in [4.78, 5) is 19.5. The SMILES string of the molecule is COc1ccc(-c2nc(CN3CCC(NC(=O)c4ccccc4)CC3)cs2)cc1. The van der Waals surface area contributed by atoms with Crippen LogP contribution in [0.25, 0.3) is 10.6 Å². The van der Waals surface area contributed by atoms with Gasteiger partial charge in [0.25, 0.3) is 5.91 Å². The average molecular weight is 408 g/mol. The summed E-state index contributed by atoms with van der Waals surface area (Å²) < 4.78 is 5.22. The second-order valence-corrected chi connectivity index (χ2v) is 8.12. The van der Waals surface area contributed by atoms with Crippen molar-refractivity contribution in [2.75, 3.05) is 20.2 Å². The lowest BCUT2D eigenvalue weighted by Crippen LogP contribution is -2.44. The van der Waals surface area contributed by atoms with Gasteiger partial charge in [0.2, 0.25) is 0 Å². The number of benzene rings is 2. The van der Waals surface area contributed by atoms with Crippen LogP contribution in [0, 0.1) is 0 Å². The molecule has 1 aliphatic rings. The molecule has 0 unspecified atom stereocenters. The van der Waals surface area contributed by atoms with E-state index in [2.05, 4.69) is 15.6 Å². The number of methoxy groups -OCH3 is 1. The van der Waals surface area contributed by atoms with Gasteiger partial charge in [-0.3, -0.25) is 9.69 Å². The number of ether oxygens (including phenoxy) is 1. The first-order valence-electron chi connectivity index (χ1n) is 9.88. The van der Waals surface area contributed by atoms with Gasteiger partial charge in [-0.05, 0) is 49.2 Å². The van der Waals surface area contributed by atoms with E-state index in [1.165, 1.54) is 0 Å². The van der Waals surface area contributed by atoms with Gasteiger partial charge in [-0.25, -0.2) is 4.98 Å². The molecule has 3 aromatic rings. The number of carbonyl (C=O) groups is 1. The molecule has 0 saturated carbocycles. The summed E-state index contributed by atoms with van der Waals surface area (Å²) in [6, 6.07) is 17.7. The first-order valence-corrected chi connectivity index (χ1v) is 10.8. The molecule has 0 aliphatic carbocycles. The van der Waals surface area contributed by atoms with Gasteiger partial charge in [0.05, 0.1) is 12.8 Å². The number of thiazole rings is 1. The van der Waals surface area contributed by atoms with Gasteiger partial charge < -0.3 is 10.1 Å². The van der Waals surface area contributed by atoms with E-state index in [1.807, 2.05) is 54.6 Å². The smallest absolute Gasteiger partial charge is 0.251 e. The minimum Gasteiger partial charge on any atom is -0.497 e. The molecule has 1 amide bonds. The average Bonchev–Trinajstić information content (AvgIpc) is 3.24. The third kappa shape index (κ3) is 5.02. The Bertz CT molecular complexity index is 932. The molecule has 4 rings (SSSR count). The number of amides is 1. The van der Waals surface area contributed by atoms with Crippen LogP contribution in [0.2, 0.25) is 0 Å². The zero-order chi connectivity index (χ0) is 20.1. The number of hydrogen-bond acceptors (Lipinski definition) is 5. The van der Waals surface area contributed by atoms with Gasteiger partial charge in [-0.1, -0.05) is 18.2 Å². The highest BCUT2D eigenvalue weighted by Crippen LogP contribution is 2.26. The van der Waals surface area contributed by atoms with Gasteiger partial charge in [0, 0.05) is 42.2 Å². The number of aromatic nitrogens is 1. The van der Waals surface area contributed by atoms with Crippen molar-refractivity contribution in [2.24, 2.45) is 0 Å². The van der Waals surface area contributed by atoms with Gasteiger partial charge in [-0.2, -0.15) is 0 Å². The van der Waals surface area contributed by atoms with E-state index in [-0.39, 0.29) is 11.9 Å². The molecule has 6 heteroatoms. The number of nitrogens with one attached hydrogen (secondary N) is 1. The third-order valence-corrected chi connectivity index (χ3v) is 6.17. The summed E-state index contributed by atoms with van der Waals surface area (Å²) in [7, 11) is 1.67. The van der Waals surface area contributed by atoms with Crippen LogP contribution in [0.3, 0.4) is 0 Å². The molecule has 1 N–H and O–H groups in total. The van der Waals surface area contributed by atoms with E-state index in [0.29, 0.717) is 0 Å². The van der Waals surface area contributed by atoms with Crippen LogP contribution >= 0.6 is 11.3 Å². The first kappa shape index (κ1) is 19.6. The van der Waals surface area contributed by atoms with Crippen LogP contribution in [0.5, 0.6) is 5.75 Å². The molecule has 1 fully saturated rings. The van der Waals surface area contributed by atoms with Crippen molar-refractivity contribution in [1.82, 2.24) is 15.2 Å². The van der Waals surface area contributed by atoms with E-state index in [9.17, 15) is 4.79 Å². The number of hydrogen-bond donors (Lipinski definition) is 1. The second kappa shape index (κ2) is 9.20. The summed E-state index contributed by atoms with van der Waals surface area (Å²) in [5.74, 6) is 0.875.